The first-order chi connectivity index (χ1) is 10.5. The first-order valence-electron chi connectivity index (χ1n) is 6.50. The third kappa shape index (κ3) is 4.26. The number of carboxylic acid groups (broad SMARTS) is 1. The third-order valence-electron chi connectivity index (χ3n) is 3.08. The molecule has 0 spiro atoms. The molecule has 0 bridgehead atoms. The minimum Gasteiger partial charge on any atom is -0.478 e. The van der Waals surface area contributed by atoms with Crippen molar-refractivity contribution in [3.63, 3.8) is 0 Å². The Balaban J connectivity index is 2.09. The Morgan fingerprint density at radius 3 is 2.64 bits per heavy atom. The highest BCUT2D eigenvalue weighted by Crippen LogP contribution is 2.30. The van der Waals surface area contributed by atoms with Crippen LogP contribution in [0.2, 0.25) is 0 Å². The summed E-state index contributed by atoms with van der Waals surface area (Å²) >= 11 is 0.757. The van der Waals surface area contributed by atoms with E-state index in [1.165, 1.54) is 12.1 Å². The molecule has 1 heterocycles. The summed E-state index contributed by atoms with van der Waals surface area (Å²) in [6.07, 6.45) is 0. The van der Waals surface area contributed by atoms with E-state index >= 15 is 0 Å². The molecule has 0 radical (unpaired) electrons. The monoisotopic (exact) mass is 326 g/mol. The molecule has 118 valence electrons. The van der Waals surface area contributed by atoms with E-state index < -0.39 is 10.9 Å². The van der Waals surface area contributed by atoms with E-state index in [0.717, 1.165) is 17.8 Å². The van der Waals surface area contributed by atoms with E-state index in [1.807, 2.05) is 4.90 Å². The van der Waals surface area contributed by atoms with Crippen LogP contribution in [0.25, 0.3) is 0 Å². The smallest absolute Gasteiger partial charge is 0.335 e. The highest BCUT2D eigenvalue weighted by Gasteiger charge is 2.21. The van der Waals surface area contributed by atoms with Crippen LogP contribution in [-0.4, -0.2) is 58.9 Å². The molecule has 1 N–H and O–H groups in total. The molecule has 0 atom stereocenters. The van der Waals surface area contributed by atoms with Crippen LogP contribution in [0.5, 0.6) is 0 Å². The average Bonchev–Trinajstić information content (AvgIpc) is 2.48. The van der Waals surface area contributed by atoms with Gasteiger partial charge in [-0.15, -0.1) is 0 Å². The van der Waals surface area contributed by atoms with Gasteiger partial charge in [0, 0.05) is 19.2 Å². The van der Waals surface area contributed by atoms with Gasteiger partial charge in [-0.2, -0.15) is 0 Å². The van der Waals surface area contributed by atoms with Crippen LogP contribution in [0, 0.1) is 10.1 Å². The van der Waals surface area contributed by atoms with Crippen molar-refractivity contribution in [2.45, 2.75) is 4.90 Å². The van der Waals surface area contributed by atoms with E-state index in [2.05, 4.69) is 0 Å². The fourth-order valence-corrected chi connectivity index (χ4v) is 2.84. The standard InChI is InChI=1S/C13H14N2O6S/c16-12(8-14-3-5-21-6-4-14)22-11-2-1-9(13(17)18)7-10(11)15(19)20/h1-2,7H,3-6,8H2,(H,17,18). The van der Waals surface area contributed by atoms with Crippen molar-refractivity contribution in [3.8, 4) is 0 Å². The molecular weight excluding hydrogens is 312 g/mol. The number of nitrogens with zero attached hydrogens (tertiary/aromatic N) is 2. The number of carboxylic acids is 1. The molecular formula is C13H14N2O6S. The molecule has 2 rings (SSSR count). The van der Waals surface area contributed by atoms with Crippen molar-refractivity contribution in [1.82, 2.24) is 4.90 Å². The first-order valence-corrected chi connectivity index (χ1v) is 7.31. The van der Waals surface area contributed by atoms with Gasteiger partial charge in [-0.3, -0.25) is 19.8 Å². The van der Waals surface area contributed by atoms with Gasteiger partial charge in [0.1, 0.15) is 0 Å². The van der Waals surface area contributed by atoms with Gasteiger partial charge in [0.05, 0.1) is 35.1 Å². The zero-order valence-corrected chi connectivity index (χ0v) is 12.4. The predicted octanol–water partition coefficient (Wildman–Crippen LogP) is 1.24. The summed E-state index contributed by atoms with van der Waals surface area (Å²) in [4.78, 5) is 35.3. The number of hydrogen-bond acceptors (Lipinski definition) is 7. The second kappa shape index (κ2) is 7.34. The Kier molecular flexibility index (Phi) is 5.47. The summed E-state index contributed by atoms with van der Waals surface area (Å²) in [6.45, 7) is 2.58. The van der Waals surface area contributed by atoms with Crippen LogP contribution < -0.4 is 0 Å². The Labute approximate surface area is 130 Å². The van der Waals surface area contributed by atoms with Gasteiger partial charge in [0.2, 0.25) is 5.12 Å². The molecule has 9 heteroatoms. The van der Waals surface area contributed by atoms with Crippen molar-refractivity contribution < 1.29 is 24.4 Å². The van der Waals surface area contributed by atoms with Gasteiger partial charge in [-0.25, -0.2) is 4.79 Å². The molecule has 1 saturated heterocycles. The molecule has 0 unspecified atom stereocenters. The number of carbonyl (C=O) groups excluding carboxylic acids is 1. The van der Waals surface area contributed by atoms with Crippen LogP contribution >= 0.6 is 11.8 Å². The topological polar surface area (TPSA) is 110 Å². The molecule has 1 aliphatic rings. The summed E-state index contributed by atoms with van der Waals surface area (Å²) in [7, 11) is 0. The van der Waals surface area contributed by atoms with Crippen LogP contribution in [-0.2, 0) is 9.53 Å². The highest BCUT2D eigenvalue weighted by molar-refractivity contribution is 8.13. The maximum Gasteiger partial charge on any atom is 0.335 e. The molecule has 0 aliphatic carbocycles. The molecule has 8 nitrogen and oxygen atoms in total. The Hall–Kier alpha value is -1.97. The number of aromatic carboxylic acids is 1. The number of ether oxygens (including phenoxy) is 1. The summed E-state index contributed by atoms with van der Waals surface area (Å²) < 4.78 is 5.18. The lowest BCUT2D eigenvalue weighted by atomic mass is 10.2. The first kappa shape index (κ1) is 16.4. The molecule has 1 aromatic rings. The summed E-state index contributed by atoms with van der Waals surface area (Å²) in [5, 5.41) is 19.7. The van der Waals surface area contributed by atoms with E-state index in [1.54, 1.807) is 0 Å². The number of morpholine rings is 1. The second-order valence-electron chi connectivity index (χ2n) is 4.61. The van der Waals surface area contributed by atoms with Gasteiger partial charge < -0.3 is 9.84 Å². The van der Waals surface area contributed by atoms with E-state index in [-0.39, 0.29) is 27.8 Å². The van der Waals surface area contributed by atoms with Crippen LogP contribution in [0.3, 0.4) is 0 Å². The van der Waals surface area contributed by atoms with Gasteiger partial charge in [0.25, 0.3) is 5.69 Å². The highest BCUT2D eigenvalue weighted by atomic mass is 32.2. The molecule has 22 heavy (non-hydrogen) atoms. The van der Waals surface area contributed by atoms with Gasteiger partial charge in [0.15, 0.2) is 0 Å². The fourth-order valence-electron chi connectivity index (χ4n) is 1.98. The Bertz CT molecular complexity index is 600. The van der Waals surface area contributed by atoms with E-state index in [4.69, 9.17) is 9.84 Å². The molecule has 1 fully saturated rings. The van der Waals surface area contributed by atoms with Gasteiger partial charge >= 0.3 is 5.97 Å². The number of thioether (sulfide) groups is 1. The minimum absolute atomic E-state index is 0.147. The van der Waals surface area contributed by atoms with Gasteiger partial charge in [-0.05, 0) is 23.9 Å². The maximum atomic E-state index is 12.0. The Morgan fingerprint density at radius 2 is 2.05 bits per heavy atom. The maximum absolute atomic E-state index is 12.0. The van der Waals surface area contributed by atoms with Gasteiger partial charge in [-0.1, -0.05) is 0 Å². The van der Waals surface area contributed by atoms with Crippen molar-refractivity contribution in [2.75, 3.05) is 32.8 Å². The number of rotatable bonds is 5. The number of benzene rings is 1. The van der Waals surface area contributed by atoms with E-state index in [0.29, 0.717) is 26.3 Å². The van der Waals surface area contributed by atoms with Crippen molar-refractivity contribution in [3.05, 3.63) is 33.9 Å². The SMILES string of the molecule is O=C(CN1CCOCC1)Sc1ccc(C(=O)O)cc1[N+](=O)[O-]. The zero-order chi connectivity index (χ0) is 16.1. The van der Waals surface area contributed by atoms with E-state index in [9.17, 15) is 19.7 Å². The lowest BCUT2D eigenvalue weighted by Gasteiger charge is -2.25. The molecule has 0 aromatic heterocycles. The second-order valence-corrected chi connectivity index (χ2v) is 5.71. The van der Waals surface area contributed by atoms with Crippen LogP contribution in [0.15, 0.2) is 23.1 Å². The third-order valence-corrected chi connectivity index (χ3v) is 4.00. The number of nitro groups is 1. The number of nitro benzene ring substituents is 1. The lowest BCUT2D eigenvalue weighted by Crippen LogP contribution is -2.38. The largest absolute Gasteiger partial charge is 0.478 e. The summed E-state index contributed by atoms with van der Waals surface area (Å²) in [6, 6.07) is 3.51. The normalized spacial score (nSPS) is 15.5. The predicted molar refractivity (Wildman–Crippen MR) is 78.2 cm³/mol. The minimum atomic E-state index is -1.25. The number of carbonyl (C=O) groups is 2. The van der Waals surface area contributed by atoms with Crippen molar-refractivity contribution in [1.29, 1.82) is 0 Å². The van der Waals surface area contributed by atoms with Crippen molar-refractivity contribution in [2.24, 2.45) is 0 Å². The fraction of sp³-hybridized carbons (Fsp3) is 0.385. The summed E-state index contributed by atoms with van der Waals surface area (Å²) in [5.74, 6) is -1.25. The zero-order valence-electron chi connectivity index (χ0n) is 11.6. The molecule has 0 saturated carbocycles. The van der Waals surface area contributed by atoms with Crippen molar-refractivity contribution >= 4 is 28.5 Å². The Morgan fingerprint density at radius 1 is 1.36 bits per heavy atom. The quantitative estimate of drug-likeness (QED) is 0.489. The summed E-state index contributed by atoms with van der Waals surface area (Å²) in [5.41, 5.74) is -0.558. The lowest BCUT2D eigenvalue weighted by molar-refractivity contribution is -0.387. The van der Waals surface area contributed by atoms with Crippen LogP contribution in [0.4, 0.5) is 5.69 Å². The number of hydrogen-bond donors (Lipinski definition) is 1. The molecule has 1 aromatic carbocycles. The molecule has 0 amide bonds. The molecule has 1 aliphatic heterocycles. The van der Waals surface area contributed by atoms with Crippen LogP contribution in [0.1, 0.15) is 10.4 Å². The average molecular weight is 326 g/mol.